The molecule has 1 aromatic carbocycles. The number of ether oxygens (including phenoxy) is 2. The lowest BCUT2D eigenvalue weighted by Gasteiger charge is -2.11. The molecule has 22 heavy (non-hydrogen) atoms. The predicted octanol–water partition coefficient (Wildman–Crippen LogP) is 2.00. The second kappa shape index (κ2) is 8.25. The second-order valence-electron chi connectivity index (χ2n) is 5.62. The van der Waals surface area contributed by atoms with Gasteiger partial charge in [0, 0.05) is 18.5 Å². The Hall–Kier alpha value is -1.46. The lowest BCUT2D eigenvalue weighted by Crippen LogP contribution is -2.26. The summed E-state index contributed by atoms with van der Waals surface area (Å²) in [6, 6.07) is 5.38. The van der Waals surface area contributed by atoms with Crippen LogP contribution in [-0.2, 0) is 0 Å². The van der Waals surface area contributed by atoms with Gasteiger partial charge >= 0.3 is 0 Å². The molecule has 0 spiro atoms. The molecular weight excluding hydrogens is 304 g/mol. The van der Waals surface area contributed by atoms with E-state index in [4.69, 9.17) is 9.47 Å². The lowest BCUT2D eigenvalue weighted by molar-refractivity contribution is 0.0951. The van der Waals surface area contributed by atoms with E-state index in [-0.39, 0.29) is 18.3 Å². The van der Waals surface area contributed by atoms with Crippen molar-refractivity contribution in [1.82, 2.24) is 10.6 Å². The summed E-state index contributed by atoms with van der Waals surface area (Å²) in [4.78, 5) is 12.2. The van der Waals surface area contributed by atoms with Crippen molar-refractivity contribution in [2.24, 2.45) is 5.92 Å². The minimum atomic E-state index is -0.0448. The van der Waals surface area contributed by atoms with Gasteiger partial charge in [0.1, 0.15) is 0 Å². The Balaban J connectivity index is 0.00000176. The van der Waals surface area contributed by atoms with Crippen LogP contribution >= 0.6 is 12.4 Å². The van der Waals surface area contributed by atoms with Gasteiger partial charge in [-0.25, -0.2) is 0 Å². The number of nitrogens with one attached hydrogen (secondary N) is 2. The molecule has 2 aliphatic rings. The van der Waals surface area contributed by atoms with Crippen LogP contribution in [0.4, 0.5) is 0 Å². The molecule has 0 aliphatic carbocycles. The number of benzene rings is 1. The zero-order chi connectivity index (χ0) is 14.5. The fourth-order valence-corrected chi connectivity index (χ4v) is 2.76. The van der Waals surface area contributed by atoms with Crippen LogP contribution in [0.2, 0.25) is 0 Å². The fraction of sp³-hybridized carbons (Fsp3) is 0.562. The van der Waals surface area contributed by atoms with Gasteiger partial charge in [-0.3, -0.25) is 4.79 Å². The van der Waals surface area contributed by atoms with Gasteiger partial charge in [-0.1, -0.05) is 0 Å². The largest absolute Gasteiger partial charge is 0.490 e. The first kappa shape index (κ1) is 16.9. The van der Waals surface area contributed by atoms with Gasteiger partial charge in [0.2, 0.25) is 0 Å². The summed E-state index contributed by atoms with van der Waals surface area (Å²) in [6.07, 6.45) is 3.11. The Bertz CT molecular complexity index is 504. The molecule has 0 aromatic heterocycles. The van der Waals surface area contributed by atoms with Crippen LogP contribution in [0.1, 0.15) is 29.6 Å². The van der Waals surface area contributed by atoms with Crippen LogP contribution in [0.5, 0.6) is 11.5 Å². The maximum Gasteiger partial charge on any atom is 0.251 e. The zero-order valence-corrected chi connectivity index (χ0v) is 13.4. The first-order valence-corrected chi connectivity index (χ1v) is 7.71. The average Bonchev–Trinajstić information content (AvgIpc) is 2.90. The summed E-state index contributed by atoms with van der Waals surface area (Å²) < 4.78 is 11.2. The highest BCUT2D eigenvalue weighted by Gasteiger charge is 2.16. The number of carbonyl (C=O) groups excluding carboxylic acids is 1. The molecule has 0 saturated carbocycles. The summed E-state index contributed by atoms with van der Waals surface area (Å²) >= 11 is 0. The van der Waals surface area contributed by atoms with E-state index >= 15 is 0 Å². The van der Waals surface area contributed by atoms with Crippen molar-refractivity contribution in [1.29, 1.82) is 0 Å². The van der Waals surface area contributed by atoms with Crippen LogP contribution in [0.25, 0.3) is 0 Å². The number of halogens is 1. The molecule has 1 fully saturated rings. The van der Waals surface area contributed by atoms with Gasteiger partial charge in [-0.05, 0) is 50.0 Å². The number of carbonyl (C=O) groups is 1. The second-order valence-corrected chi connectivity index (χ2v) is 5.62. The summed E-state index contributed by atoms with van der Waals surface area (Å²) in [5.74, 6) is 2.03. The van der Waals surface area contributed by atoms with E-state index in [9.17, 15) is 4.79 Å². The molecule has 1 saturated heterocycles. The number of fused-ring (bicyclic) bond motifs is 1. The van der Waals surface area contributed by atoms with Crippen molar-refractivity contribution < 1.29 is 14.3 Å². The summed E-state index contributed by atoms with van der Waals surface area (Å²) in [7, 11) is 0. The average molecular weight is 327 g/mol. The third-order valence-corrected chi connectivity index (χ3v) is 4.01. The maximum absolute atomic E-state index is 12.2. The molecule has 6 heteroatoms. The third kappa shape index (κ3) is 4.27. The van der Waals surface area contributed by atoms with E-state index in [1.165, 1.54) is 6.42 Å². The first-order chi connectivity index (χ1) is 10.3. The van der Waals surface area contributed by atoms with Gasteiger partial charge in [0.15, 0.2) is 11.5 Å². The Kier molecular flexibility index (Phi) is 6.34. The summed E-state index contributed by atoms with van der Waals surface area (Å²) in [5, 5.41) is 6.32. The molecule has 5 nitrogen and oxygen atoms in total. The molecule has 2 heterocycles. The highest BCUT2D eigenvalue weighted by atomic mass is 35.5. The fourth-order valence-electron chi connectivity index (χ4n) is 2.76. The smallest absolute Gasteiger partial charge is 0.251 e. The van der Waals surface area contributed by atoms with E-state index in [1.54, 1.807) is 12.1 Å². The van der Waals surface area contributed by atoms with Gasteiger partial charge in [0.05, 0.1) is 13.2 Å². The van der Waals surface area contributed by atoms with Gasteiger partial charge in [-0.2, -0.15) is 0 Å². The molecule has 1 atom stereocenters. The predicted molar refractivity (Wildman–Crippen MR) is 87.2 cm³/mol. The normalized spacial score (nSPS) is 19.9. The van der Waals surface area contributed by atoms with Crippen molar-refractivity contribution in [3.63, 3.8) is 0 Å². The molecule has 2 aliphatic heterocycles. The van der Waals surface area contributed by atoms with Crippen LogP contribution in [0, 0.1) is 5.92 Å². The molecule has 1 amide bonds. The Morgan fingerprint density at radius 3 is 2.86 bits per heavy atom. The van der Waals surface area contributed by atoms with Crippen LogP contribution < -0.4 is 20.1 Å². The third-order valence-electron chi connectivity index (χ3n) is 4.01. The molecular formula is C16H23ClN2O3. The van der Waals surface area contributed by atoms with Gasteiger partial charge < -0.3 is 20.1 Å². The molecule has 122 valence electrons. The van der Waals surface area contributed by atoms with E-state index in [0.717, 1.165) is 38.2 Å². The molecule has 0 radical (unpaired) electrons. The number of amides is 1. The highest BCUT2D eigenvalue weighted by molar-refractivity contribution is 5.94. The van der Waals surface area contributed by atoms with Crippen LogP contribution in [0.15, 0.2) is 18.2 Å². The number of rotatable bonds is 4. The van der Waals surface area contributed by atoms with E-state index in [0.29, 0.717) is 30.4 Å². The number of hydrogen-bond acceptors (Lipinski definition) is 4. The number of hydrogen-bond donors (Lipinski definition) is 2. The molecule has 2 N–H and O–H groups in total. The van der Waals surface area contributed by atoms with E-state index in [1.807, 2.05) is 6.07 Å². The van der Waals surface area contributed by atoms with Crippen molar-refractivity contribution >= 4 is 18.3 Å². The zero-order valence-electron chi connectivity index (χ0n) is 12.6. The van der Waals surface area contributed by atoms with Crippen molar-refractivity contribution in [2.75, 3.05) is 32.8 Å². The summed E-state index contributed by atoms with van der Waals surface area (Å²) in [6.45, 7) is 4.18. The Labute approximate surface area is 137 Å². The van der Waals surface area contributed by atoms with Crippen molar-refractivity contribution in [2.45, 2.75) is 19.3 Å². The SMILES string of the molecule is Cl.O=C(NCCC1CCNC1)c1ccc2c(c1)OCCCO2. The minimum Gasteiger partial charge on any atom is -0.490 e. The van der Waals surface area contributed by atoms with Crippen LogP contribution in [0.3, 0.4) is 0 Å². The first-order valence-electron chi connectivity index (χ1n) is 7.71. The van der Waals surface area contributed by atoms with Gasteiger partial charge in [0.25, 0.3) is 5.91 Å². The molecule has 1 unspecified atom stereocenters. The minimum absolute atomic E-state index is 0. The standard InChI is InChI=1S/C16H22N2O3.ClH/c19-16(18-7-5-12-4-6-17-11-12)13-2-3-14-15(10-13)21-9-1-8-20-14;/h2-3,10,12,17H,1,4-9,11H2,(H,18,19);1H. The van der Waals surface area contributed by atoms with Crippen molar-refractivity contribution in [3.8, 4) is 11.5 Å². The molecule has 0 bridgehead atoms. The monoisotopic (exact) mass is 326 g/mol. The van der Waals surface area contributed by atoms with Crippen LogP contribution in [-0.4, -0.2) is 38.8 Å². The Morgan fingerprint density at radius 2 is 2.09 bits per heavy atom. The molecule has 1 aromatic rings. The van der Waals surface area contributed by atoms with Gasteiger partial charge in [-0.15, -0.1) is 12.4 Å². The molecule has 3 rings (SSSR count). The van der Waals surface area contributed by atoms with E-state index < -0.39 is 0 Å². The highest BCUT2D eigenvalue weighted by Crippen LogP contribution is 2.30. The lowest BCUT2D eigenvalue weighted by atomic mass is 10.1. The van der Waals surface area contributed by atoms with E-state index in [2.05, 4.69) is 10.6 Å². The van der Waals surface area contributed by atoms with Crippen molar-refractivity contribution in [3.05, 3.63) is 23.8 Å². The Morgan fingerprint density at radius 1 is 1.27 bits per heavy atom. The summed E-state index contributed by atoms with van der Waals surface area (Å²) in [5.41, 5.74) is 0.629. The topological polar surface area (TPSA) is 59.6 Å². The maximum atomic E-state index is 12.2. The quantitative estimate of drug-likeness (QED) is 0.888.